The van der Waals surface area contributed by atoms with Crippen LogP contribution < -0.4 is 10.2 Å². The maximum absolute atomic E-state index is 10.4. The van der Waals surface area contributed by atoms with Crippen molar-refractivity contribution in [2.45, 2.75) is 20.8 Å². The highest BCUT2D eigenvalue weighted by Gasteiger charge is 2.27. The predicted octanol–water partition coefficient (Wildman–Crippen LogP) is -1.85. The zero-order valence-electron chi connectivity index (χ0n) is 6.71. The Balaban J connectivity index is 4.55. The average Bonchev–Trinajstić information content (AvgIpc) is 1.85. The fraction of sp³-hybridized carbons (Fsp3) is 0.714. The number of hydrogen-bond donors (Lipinski definition) is 0. The molecule has 0 aliphatic rings. The molecule has 0 aliphatic carbocycles. The van der Waals surface area contributed by atoms with Crippen molar-refractivity contribution in [2.24, 2.45) is 11.3 Å². The summed E-state index contributed by atoms with van der Waals surface area (Å²) in [5.41, 5.74) is -1.38. The summed E-state index contributed by atoms with van der Waals surface area (Å²) in [7, 11) is 0. The Hall–Kier alpha value is -1.06. The normalized spacial score (nSPS) is 14.1. The van der Waals surface area contributed by atoms with Gasteiger partial charge in [0, 0.05) is 23.3 Å². The van der Waals surface area contributed by atoms with E-state index in [0.717, 1.165) is 0 Å². The van der Waals surface area contributed by atoms with Crippen LogP contribution in [0.1, 0.15) is 20.8 Å². The molecule has 0 bridgehead atoms. The van der Waals surface area contributed by atoms with E-state index in [-0.39, 0.29) is 0 Å². The molecule has 0 rings (SSSR count). The first-order valence-corrected chi connectivity index (χ1v) is 3.22. The van der Waals surface area contributed by atoms with Crippen LogP contribution in [0.3, 0.4) is 0 Å². The molecule has 0 radical (unpaired) electrons. The van der Waals surface area contributed by atoms with Crippen LogP contribution in [0.5, 0.6) is 0 Å². The summed E-state index contributed by atoms with van der Waals surface area (Å²) in [5, 5.41) is 20.6. The van der Waals surface area contributed by atoms with Crippen LogP contribution >= 0.6 is 0 Å². The Morgan fingerprint density at radius 3 is 1.73 bits per heavy atom. The van der Waals surface area contributed by atoms with Crippen LogP contribution in [0, 0.1) is 11.3 Å². The van der Waals surface area contributed by atoms with Crippen molar-refractivity contribution in [1.82, 2.24) is 0 Å². The summed E-state index contributed by atoms with van der Waals surface area (Å²) in [6.45, 7) is 3.87. The lowest BCUT2D eigenvalue weighted by Gasteiger charge is -2.33. The second-order valence-corrected chi connectivity index (χ2v) is 3.05. The summed E-state index contributed by atoms with van der Waals surface area (Å²) in [6.07, 6.45) is 0. The number of carbonyl (C=O) groups is 2. The molecule has 0 fully saturated rings. The highest BCUT2D eigenvalue weighted by molar-refractivity contribution is 5.80. The van der Waals surface area contributed by atoms with E-state index >= 15 is 0 Å². The van der Waals surface area contributed by atoms with Crippen LogP contribution in [-0.4, -0.2) is 11.9 Å². The summed E-state index contributed by atoms with van der Waals surface area (Å²) in [5.74, 6) is -3.80. The molecule has 1 atom stereocenters. The minimum absolute atomic E-state index is 1.05. The van der Waals surface area contributed by atoms with E-state index in [2.05, 4.69) is 0 Å². The number of hydrogen-bond acceptors (Lipinski definition) is 4. The third-order valence-electron chi connectivity index (χ3n) is 1.96. The lowest BCUT2D eigenvalue weighted by atomic mass is 9.80. The molecule has 4 nitrogen and oxygen atoms in total. The molecular weight excluding hydrogens is 148 g/mol. The van der Waals surface area contributed by atoms with E-state index in [9.17, 15) is 19.8 Å². The van der Waals surface area contributed by atoms with Gasteiger partial charge in [-0.3, -0.25) is 0 Å². The molecule has 0 amide bonds. The highest BCUT2D eigenvalue weighted by Crippen LogP contribution is 2.24. The van der Waals surface area contributed by atoms with Crippen LogP contribution in [0.15, 0.2) is 0 Å². The second-order valence-electron chi connectivity index (χ2n) is 3.05. The molecule has 0 N–H and O–H groups in total. The third-order valence-corrected chi connectivity index (χ3v) is 1.96. The van der Waals surface area contributed by atoms with Gasteiger partial charge in [0.05, 0.1) is 0 Å². The van der Waals surface area contributed by atoms with Crippen LogP contribution in [0.2, 0.25) is 0 Å². The molecule has 64 valence electrons. The van der Waals surface area contributed by atoms with E-state index in [0.29, 0.717) is 0 Å². The van der Waals surface area contributed by atoms with Crippen molar-refractivity contribution in [2.75, 3.05) is 0 Å². The number of rotatable bonds is 3. The molecule has 0 aromatic rings. The standard InChI is InChI=1S/C7H12O4/c1-4(5(8)9)7(2,3)6(10)11/h4H,1-3H3,(H,8,9)(H,10,11)/p-2/t4-/m1/s1. The molecule has 4 heteroatoms. The molecular formula is C7H10O4-2. The zero-order valence-corrected chi connectivity index (χ0v) is 6.71. The third kappa shape index (κ3) is 1.93. The van der Waals surface area contributed by atoms with Gasteiger partial charge in [-0.1, -0.05) is 20.8 Å². The first kappa shape index (κ1) is 9.94. The molecule has 0 aromatic carbocycles. The van der Waals surface area contributed by atoms with Gasteiger partial charge in [0.1, 0.15) is 0 Å². The average molecular weight is 158 g/mol. The SMILES string of the molecule is C[C@H](C(=O)[O-])C(C)(C)C(=O)[O-]. The van der Waals surface area contributed by atoms with Gasteiger partial charge in [-0.2, -0.15) is 0 Å². The largest absolute Gasteiger partial charge is 0.550 e. The van der Waals surface area contributed by atoms with E-state index in [1.807, 2.05) is 0 Å². The van der Waals surface area contributed by atoms with Crippen molar-refractivity contribution >= 4 is 11.9 Å². The number of aliphatic carboxylic acids is 2. The summed E-state index contributed by atoms with van der Waals surface area (Å²) >= 11 is 0. The van der Waals surface area contributed by atoms with Crippen molar-refractivity contribution in [1.29, 1.82) is 0 Å². The minimum Gasteiger partial charge on any atom is -0.550 e. The zero-order chi connectivity index (χ0) is 9.23. The molecule has 0 saturated carbocycles. The van der Waals surface area contributed by atoms with Crippen molar-refractivity contribution in [3.05, 3.63) is 0 Å². The van der Waals surface area contributed by atoms with E-state index in [1.54, 1.807) is 0 Å². The maximum atomic E-state index is 10.4. The van der Waals surface area contributed by atoms with Gasteiger partial charge in [-0.25, -0.2) is 0 Å². The Morgan fingerprint density at radius 2 is 1.64 bits per heavy atom. The minimum atomic E-state index is -1.38. The summed E-state index contributed by atoms with van der Waals surface area (Å²) in [4.78, 5) is 20.6. The molecule has 11 heavy (non-hydrogen) atoms. The second kappa shape index (κ2) is 2.90. The van der Waals surface area contributed by atoms with Gasteiger partial charge in [-0.15, -0.1) is 0 Å². The Bertz CT molecular complexity index is 183. The summed E-state index contributed by atoms with van der Waals surface area (Å²) < 4.78 is 0. The Morgan fingerprint density at radius 1 is 1.27 bits per heavy atom. The van der Waals surface area contributed by atoms with Gasteiger partial charge in [-0.05, 0) is 0 Å². The first-order valence-electron chi connectivity index (χ1n) is 3.22. The van der Waals surface area contributed by atoms with E-state index < -0.39 is 23.3 Å². The maximum Gasteiger partial charge on any atom is 0.0477 e. The smallest absolute Gasteiger partial charge is 0.0477 e. The number of carboxylic acids is 2. The Labute approximate surface area is 64.8 Å². The van der Waals surface area contributed by atoms with Crippen LogP contribution in [-0.2, 0) is 9.59 Å². The van der Waals surface area contributed by atoms with Gasteiger partial charge >= 0.3 is 0 Å². The fourth-order valence-corrected chi connectivity index (χ4v) is 0.471. The number of carbonyl (C=O) groups excluding carboxylic acids is 2. The lowest BCUT2D eigenvalue weighted by molar-refractivity contribution is -0.332. The fourth-order valence-electron chi connectivity index (χ4n) is 0.471. The quantitative estimate of drug-likeness (QED) is 0.482. The predicted molar refractivity (Wildman–Crippen MR) is 33.0 cm³/mol. The monoisotopic (exact) mass is 158 g/mol. The molecule has 0 unspecified atom stereocenters. The Kier molecular flexibility index (Phi) is 2.62. The lowest BCUT2D eigenvalue weighted by Crippen LogP contribution is -2.48. The van der Waals surface area contributed by atoms with Crippen molar-refractivity contribution < 1.29 is 19.8 Å². The first-order chi connectivity index (χ1) is 4.80. The molecule has 0 aliphatic heterocycles. The van der Waals surface area contributed by atoms with E-state index in [4.69, 9.17) is 0 Å². The van der Waals surface area contributed by atoms with Gasteiger partial charge in [0.15, 0.2) is 0 Å². The van der Waals surface area contributed by atoms with Crippen LogP contribution in [0.25, 0.3) is 0 Å². The topological polar surface area (TPSA) is 80.3 Å². The summed E-state index contributed by atoms with van der Waals surface area (Å²) in [6, 6.07) is 0. The van der Waals surface area contributed by atoms with E-state index in [1.165, 1.54) is 20.8 Å². The van der Waals surface area contributed by atoms with Gasteiger partial charge in [0.25, 0.3) is 0 Å². The van der Waals surface area contributed by atoms with Gasteiger partial charge in [0.2, 0.25) is 0 Å². The molecule has 0 aromatic heterocycles. The molecule has 0 heterocycles. The molecule has 0 spiro atoms. The van der Waals surface area contributed by atoms with Crippen molar-refractivity contribution in [3.8, 4) is 0 Å². The molecule has 0 saturated heterocycles. The van der Waals surface area contributed by atoms with Gasteiger partial charge < -0.3 is 19.8 Å². The number of carboxylic acid groups (broad SMARTS) is 2. The van der Waals surface area contributed by atoms with Crippen molar-refractivity contribution in [3.63, 3.8) is 0 Å². The highest BCUT2D eigenvalue weighted by atomic mass is 16.4. The van der Waals surface area contributed by atoms with Crippen LogP contribution in [0.4, 0.5) is 0 Å².